The maximum atomic E-state index is 11.6. The minimum atomic E-state index is -3.46. The Balaban J connectivity index is 2.31. The van der Waals surface area contributed by atoms with Crippen LogP contribution in [-0.2, 0) is 10.0 Å². The molecule has 0 atom stereocenters. The zero-order valence-corrected chi connectivity index (χ0v) is 11.8. The van der Waals surface area contributed by atoms with E-state index in [-0.39, 0.29) is 4.90 Å². The number of rotatable bonds is 4. The van der Waals surface area contributed by atoms with E-state index in [1.165, 1.54) is 42.3 Å². The van der Waals surface area contributed by atoms with Crippen molar-refractivity contribution in [1.29, 1.82) is 0 Å². The summed E-state index contributed by atoms with van der Waals surface area (Å²) < 4.78 is 26.2. The van der Waals surface area contributed by atoms with Crippen LogP contribution in [0.25, 0.3) is 0 Å². The Morgan fingerprint density at radius 3 is 2.78 bits per heavy atom. The Kier molecular flexibility index (Phi) is 3.85. The van der Waals surface area contributed by atoms with Gasteiger partial charge in [0.05, 0.1) is 4.90 Å². The lowest BCUT2D eigenvalue weighted by atomic mass is 10.3. The second kappa shape index (κ2) is 5.22. The van der Waals surface area contributed by atoms with E-state index in [1.807, 2.05) is 0 Å². The van der Waals surface area contributed by atoms with Crippen LogP contribution in [0.2, 0.25) is 0 Å². The number of aromatic nitrogens is 2. The summed E-state index contributed by atoms with van der Waals surface area (Å²) in [6, 6.07) is 4.59. The van der Waals surface area contributed by atoms with E-state index in [2.05, 4.69) is 14.9 Å². The van der Waals surface area contributed by atoms with Crippen LogP contribution in [0.3, 0.4) is 0 Å². The highest BCUT2D eigenvalue weighted by atomic mass is 32.2. The molecule has 0 bridgehead atoms. The van der Waals surface area contributed by atoms with Crippen molar-refractivity contribution in [1.82, 2.24) is 14.9 Å². The molecule has 1 aromatic heterocycles. The Labute approximate surface area is 113 Å². The van der Waals surface area contributed by atoms with Crippen LogP contribution in [-0.4, -0.2) is 25.7 Å². The Morgan fingerprint density at radius 1 is 1.44 bits per heavy atom. The van der Waals surface area contributed by atoms with E-state index in [1.54, 1.807) is 11.6 Å². The summed E-state index contributed by atoms with van der Waals surface area (Å²) in [5, 5.41) is 7.60. The maximum absolute atomic E-state index is 11.6. The number of sulfonamides is 1. The second-order valence-corrected chi connectivity index (χ2v) is 7.22. The summed E-state index contributed by atoms with van der Waals surface area (Å²) in [6.07, 6.45) is 0. The summed E-state index contributed by atoms with van der Waals surface area (Å²) in [7, 11) is -2.11. The quantitative estimate of drug-likeness (QED) is 0.823. The number of benzene rings is 1. The molecule has 3 N–H and O–H groups in total. The molecule has 18 heavy (non-hydrogen) atoms. The molecule has 2 rings (SSSR count). The third kappa shape index (κ3) is 2.80. The first-order valence-electron chi connectivity index (χ1n) is 4.80. The van der Waals surface area contributed by atoms with Gasteiger partial charge in [-0.15, -0.1) is 10.2 Å². The van der Waals surface area contributed by atoms with E-state index in [0.717, 1.165) is 9.24 Å². The van der Waals surface area contributed by atoms with Crippen molar-refractivity contribution in [3.8, 4) is 0 Å². The monoisotopic (exact) mass is 302 g/mol. The van der Waals surface area contributed by atoms with Gasteiger partial charge in [0.1, 0.15) is 5.51 Å². The number of hydrogen-bond donors (Lipinski definition) is 2. The second-order valence-electron chi connectivity index (χ2n) is 3.21. The van der Waals surface area contributed by atoms with Gasteiger partial charge in [-0.3, -0.25) is 0 Å². The SMILES string of the molecule is CNS(=O)(=O)c1ccc(Sc2nncs2)c(N)c1. The van der Waals surface area contributed by atoms with Crippen LogP contribution in [0.5, 0.6) is 0 Å². The van der Waals surface area contributed by atoms with Crippen molar-refractivity contribution in [2.24, 2.45) is 0 Å². The molecule has 1 aromatic carbocycles. The van der Waals surface area contributed by atoms with Crippen LogP contribution in [0, 0.1) is 0 Å². The molecule has 0 spiro atoms. The zero-order chi connectivity index (χ0) is 13.2. The fourth-order valence-electron chi connectivity index (χ4n) is 1.21. The number of nitrogens with zero attached hydrogens (tertiary/aromatic N) is 2. The minimum Gasteiger partial charge on any atom is -0.398 e. The van der Waals surface area contributed by atoms with Crippen molar-refractivity contribution in [2.45, 2.75) is 14.1 Å². The summed E-state index contributed by atoms with van der Waals surface area (Å²) in [5.74, 6) is 0. The van der Waals surface area contributed by atoms with E-state index in [0.29, 0.717) is 5.69 Å². The predicted octanol–water partition coefficient (Wildman–Crippen LogP) is 1.18. The van der Waals surface area contributed by atoms with Crippen LogP contribution in [0.4, 0.5) is 5.69 Å². The van der Waals surface area contributed by atoms with E-state index in [9.17, 15) is 8.42 Å². The smallest absolute Gasteiger partial charge is 0.240 e. The summed E-state index contributed by atoms with van der Waals surface area (Å²) in [5.41, 5.74) is 7.85. The standard InChI is InChI=1S/C9H10N4O2S3/c1-11-18(14,15)6-2-3-8(7(10)4-6)17-9-13-12-5-16-9/h2-5,11H,10H2,1H3. The summed E-state index contributed by atoms with van der Waals surface area (Å²) >= 11 is 2.75. The molecule has 0 aliphatic rings. The molecule has 0 saturated carbocycles. The first-order chi connectivity index (χ1) is 8.53. The van der Waals surface area contributed by atoms with Gasteiger partial charge in [0.2, 0.25) is 10.0 Å². The minimum absolute atomic E-state index is 0.143. The number of anilines is 1. The molecule has 0 aliphatic carbocycles. The van der Waals surface area contributed by atoms with Crippen LogP contribution < -0.4 is 10.5 Å². The van der Waals surface area contributed by atoms with Gasteiger partial charge in [-0.2, -0.15) is 0 Å². The van der Waals surface area contributed by atoms with Gasteiger partial charge in [-0.05, 0) is 25.2 Å². The normalized spacial score (nSPS) is 11.6. The first-order valence-corrected chi connectivity index (χ1v) is 7.98. The zero-order valence-electron chi connectivity index (χ0n) is 9.32. The molecular weight excluding hydrogens is 292 g/mol. The molecule has 0 saturated heterocycles. The van der Waals surface area contributed by atoms with Crippen LogP contribution in [0.15, 0.2) is 37.8 Å². The van der Waals surface area contributed by atoms with Crippen LogP contribution >= 0.6 is 23.1 Å². The highest BCUT2D eigenvalue weighted by molar-refractivity contribution is 8.01. The van der Waals surface area contributed by atoms with Gasteiger partial charge in [0, 0.05) is 10.6 Å². The third-order valence-electron chi connectivity index (χ3n) is 2.10. The molecule has 9 heteroatoms. The van der Waals surface area contributed by atoms with Crippen molar-refractivity contribution >= 4 is 38.8 Å². The van der Waals surface area contributed by atoms with Crippen molar-refractivity contribution in [3.63, 3.8) is 0 Å². The van der Waals surface area contributed by atoms with Gasteiger partial charge in [-0.25, -0.2) is 13.1 Å². The highest BCUT2D eigenvalue weighted by Crippen LogP contribution is 2.33. The molecule has 2 aromatic rings. The average Bonchev–Trinajstić information content (AvgIpc) is 2.84. The van der Waals surface area contributed by atoms with Crippen LogP contribution in [0.1, 0.15) is 0 Å². The maximum Gasteiger partial charge on any atom is 0.240 e. The Bertz CT molecular complexity index is 640. The van der Waals surface area contributed by atoms with Gasteiger partial charge in [-0.1, -0.05) is 23.1 Å². The van der Waals surface area contributed by atoms with Gasteiger partial charge >= 0.3 is 0 Å². The third-order valence-corrected chi connectivity index (χ3v) is 5.38. The highest BCUT2D eigenvalue weighted by Gasteiger charge is 2.13. The fourth-order valence-corrected chi connectivity index (χ4v) is 3.43. The number of hydrogen-bond acceptors (Lipinski definition) is 7. The molecule has 0 amide bonds. The Hall–Kier alpha value is -1.16. The number of nitrogens with two attached hydrogens (primary N) is 1. The van der Waals surface area contributed by atoms with Crippen molar-refractivity contribution in [2.75, 3.05) is 12.8 Å². The number of nitrogens with one attached hydrogen (secondary N) is 1. The molecule has 96 valence electrons. The lowest BCUT2D eigenvalue weighted by molar-refractivity contribution is 0.588. The first kappa shape index (κ1) is 13.3. The van der Waals surface area contributed by atoms with Crippen molar-refractivity contribution < 1.29 is 8.42 Å². The predicted molar refractivity (Wildman–Crippen MR) is 71.1 cm³/mol. The van der Waals surface area contributed by atoms with E-state index >= 15 is 0 Å². The summed E-state index contributed by atoms with van der Waals surface area (Å²) in [6.45, 7) is 0. The van der Waals surface area contributed by atoms with Crippen molar-refractivity contribution in [3.05, 3.63) is 23.7 Å². The molecule has 1 heterocycles. The summed E-state index contributed by atoms with van der Waals surface area (Å²) in [4.78, 5) is 0.894. The lowest BCUT2D eigenvalue weighted by Crippen LogP contribution is -2.18. The van der Waals surface area contributed by atoms with Gasteiger partial charge < -0.3 is 5.73 Å². The Morgan fingerprint density at radius 2 is 2.22 bits per heavy atom. The topological polar surface area (TPSA) is 98.0 Å². The molecule has 0 unspecified atom stereocenters. The molecule has 0 aliphatic heterocycles. The molecule has 6 nitrogen and oxygen atoms in total. The molecule has 0 radical (unpaired) electrons. The number of nitrogen functional groups attached to an aromatic ring is 1. The van der Waals surface area contributed by atoms with Gasteiger partial charge in [0.25, 0.3) is 0 Å². The molecule has 0 fully saturated rings. The largest absolute Gasteiger partial charge is 0.398 e. The molecular formula is C9H10N4O2S3. The average molecular weight is 302 g/mol. The van der Waals surface area contributed by atoms with E-state index in [4.69, 9.17) is 5.73 Å². The van der Waals surface area contributed by atoms with E-state index < -0.39 is 10.0 Å². The van der Waals surface area contributed by atoms with Gasteiger partial charge in [0.15, 0.2) is 4.34 Å². The lowest BCUT2D eigenvalue weighted by Gasteiger charge is -2.06. The fraction of sp³-hybridized carbons (Fsp3) is 0.111.